The molecule has 0 N–H and O–H groups in total. The van der Waals surface area contributed by atoms with Gasteiger partial charge in [0, 0.05) is 0 Å². The van der Waals surface area contributed by atoms with Crippen LogP contribution in [0.5, 0.6) is 0 Å². The molecule has 0 bridgehead atoms. The third-order valence-electron chi connectivity index (χ3n) is 3.64. The molecule has 1 saturated carbocycles. The Morgan fingerprint density at radius 3 is 2.00 bits per heavy atom. The molecular weight excluding hydrogens is 156 g/mol. The number of rotatable bonds is 7. The zero-order chi connectivity index (χ0) is 9.68. The highest BCUT2D eigenvalue weighted by molar-refractivity contribution is 4.84. The van der Waals surface area contributed by atoms with Crippen LogP contribution in [-0.2, 0) is 0 Å². The molecule has 0 saturated heterocycles. The molecule has 0 aliphatic heterocycles. The number of hydrogen-bond donors (Lipinski definition) is 0. The van der Waals surface area contributed by atoms with Crippen molar-refractivity contribution in [2.45, 2.75) is 65.7 Å². The first-order chi connectivity index (χ1) is 6.33. The van der Waals surface area contributed by atoms with Gasteiger partial charge >= 0.3 is 0 Å². The highest BCUT2D eigenvalue weighted by Gasteiger charge is 2.34. The fourth-order valence-electron chi connectivity index (χ4n) is 2.81. The first-order valence-corrected chi connectivity index (χ1v) is 6.33. The van der Waals surface area contributed by atoms with Gasteiger partial charge in [-0.05, 0) is 30.6 Å². The van der Waals surface area contributed by atoms with Gasteiger partial charge in [0.25, 0.3) is 0 Å². The van der Waals surface area contributed by atoms with E-state index < -0.39 is 0 Å². The molecule has 0 heterocycles. The molecule has 0 radical (unpaired) electrons. The van der Waals surface area contributed by atoms with Crippen LogP contribution in [0.2, 0.25) is 0 Å². The van der Waals surface area contributed by atoms with Crippen LogP contribution >= 0.6 is 0 Å². The first-order valence-electron chi connectivity index (χ1n) is 6.33. The van der Waals surface area contributed by atoms with E-state index in [0.717, 1.165) is 17.8 Å². The lowest BCUT2D eigenvalue weighted by atomic mass is 9.80. The maximum Gasteiger partial charge on any atom is -0.0358 e. The molecule has 1 aliphatic carbocycles. The van der Waals surface area contributed by atoms with Crippen LogP contribution in [0.15, 0.2) is 0 Å². The maximum atomic E-state index is 2.38. The predicted octanol–water partition coefficient (Wildman–Crippen LogP) is 4.64. The second-order valence-corrected chi connectivity index (χ2v) is 4.75. The van der Waals surface area contributed by atoms with Gasteiger partial charge in [0.2, 0.25) is 0 Å². The van der Waals surface area contributed by atoms with Crippen LogP contribution in [-0.4, -0.2) is 0 Å². The molecule has 1 fully saturated rings. The molecule has 0 spiro atoms. The summed E-state index contributed by atoms with van der Waals surface area (Å²) in [6.45, 7) is 7.05. The van der Waals surface area contributed by atoms with Crippen molar-refractivity contribution in [3.63, 3.8) is 0 Å². The zero-order valence-corrected chi connectivity index (χ0v) is 9.68. The topological polar surface area (TPSA) is 0 Å². The Kier molecular flexibility index (Phi) is 4.83. The summed E-state index contributed by atoms with van der Waals surface area (Å²) < 4.78 is 0. The van der Waals surface area contributed by atoms with Gasteiger partial charge in [-0.3, -0.25) is 0 Å². The SMILES string of the molecule is CCCC(CC)C(CCC)C1CC1. The predicted molar refractivity (Wildman–Crippen MR) is 59.8 cm³/mol. The van der Waals surface area contributed by atoms with Crippen molar-refractivity contribution >= 4 is 0 Å². The Morgan fingerprint density at radius 2 is 1.62 bits per heavy atom. The van der Waals surface area contributed by atoms with Crippen molar-refractivity contribution in [2.24, 2.45) is 17.8 Å². The van der Waals surface area contributed by atoms with Gasteiger partial charge in [-0.1, -0.05) is 52.9 Å². The fourth-order valence-corrected chi connectivity index (χ4v) is 2.81. The molecule has 0 aromatic rings. The molecule has 0 aromatic heterocycles. The van der Waals surface area contributed by atoms with E-state index in [2.05, 4.69) is 20.8 Å². The molecule has 0 nitrogen and oxygen atoms in total. The molecule has 0 aromatic carbocycles. The third kappa shape index (κ3) is 3.32. The van der Waals surface area contributed by atoms with E-state index in [1.165, 1.54) is 44.9 Å². The lowest BCUT2D eigenvalue weighted by Crippen LogP contribution is -2.16. The molecule has 0 heteroatoms. The fraction of sp³-hybridized carbons (Fsp3) is 1.00. The van der Waals surface area contributed by atoms with Gasteiger partial charge < -0.3 is 0 Å². The highest BCUT2D eigenvalue weighted by Crippen LogP contribution is 2.44. The van der Waals surface area contributed by atoms with Crippen LogP contribution in [0.25, 0.3) is 0 Å². The lowest BCUT2D eigenvalue weighted by molar-refractivity contribution is 0.251. The smallest absolute Gasteiger partial charge is 0.0358 e. The standard InChI is InChI=1S/C13H26/c1-4-7-11(6-3)13(8-5-2)12-9-10-12/h11-13H,4-10H2,1-3H3. The van der Waals surface area contributed by atoms with E-state index in [0.29, 0.717) is 0 Å². The lowest BCUT2D eigenvalue weighted by Gasteiger charge is -2.25. The van der Waals surface area contributed by atoms with Crippen molar-refractivity contribution in [1.82, 2.24) is 0 Å². The summed E-state index contributed by atoms with van der Waals surface area (Å²) in [6, 6.07) is 0. The molecule has 78 valence electrons. The summed E-state index contributed by atoms with van der Waals surface area (Å²) >= 11 is 0. The minimum Gasteiger partial charge on any atom is -0.0654 e. The van der Waals surface area contributed by atoms with Crippen molar-refractivity contribution < 1.29 is 0 Å². The van der Waals surface area contributed by atoms with Crippen LogP contribution < -0.4 is 0 Å². The van der Waals surface area contributed by atoms with E-state index in [1.807, 2.05) is 0 Å². The van der Waals surface area contributed by atoms with Crippen LogP contribution in [0, 0.1) is 17.8 Å². The average Bonchev–Trinajstić information content (AvgIpc) is 2.94. The van der Waals surface area contributed by atoms with Gasteiger partial charge in [-0.25, -0.2) is 0 Å². The molecule has 2 atom stereocenters. The van der Waals surface area contributed by atoms with E-state index in [1.54, 1.807) is 0 Å². The molecule has 1 aliphatic rings. The Hall–Kier alpha value is 0. The number of hydrogen-bond acceptors (Lipinski definition) is 0. The Labute approximate surface area is 84.1 Å². The van der Waals surface area contributed by atoms with Crippen molar-refractivity contribution in [1.29, 1.82) is 0 Å². The summed E-state index contributed by atoms with van der Waals surface area (Å²) in [5.41, 5.74) is 0. The monoisotopic (exact) mass is 182 g/mol. The molecule has 1 rings (SSSR count). The normalized spacial score (nSPS) is 21.5. The molecule has 0 amide bonds. The van der Waals surface area contributed by atoms with Gasteiger partial charge in [0.15, 0.2) is 0 Å². The molecule has 13 heavy (non-hydrogen) atoms. The highest BCUT2D eigenvalue weighted by atomic mass is 14.4. The summed E-state index contributed by atoms with van der Waals surface area (Å²) in [5.74, 6) is 3.24. The third-order valence-corrected chi connectivity index (χ3v) is 3.64. The van der Waals surface area contributed by atoms with Gasteiger partial charge in [-0.15, -0.1) is 0 Å². The average molecular weight is 182 g/mol. The van der Waals surface area contributed by atoms with E-state index in [4.69, 9.17) is 0 Å². The molecule has 2 unspecified atom stereocenters. The summed E-state index contributed by atoms with van der Waals surface area (Å²) in [7, 11) is 0. The van der Waals surface area contributed by atoms with E-state index >= 15 is 0 Å². The minimum atomic E-state index is 1.04. The Morgan fingerprint density at radius 1 is 1.00 bits per heavy atom. The first kappa shape index (κ1) is 11.1. The quantitative estimate of drug-likeness (QED) is 0.538. The zero-order valence-electron chi connectivity index (χ0n) is 9.68. The second kappa shape index (κ2) is 5.67. The van der Waals surface area contributed by atoms with E-state index in [-0.39, 0.29) is 0 Å². The van der Waals surface area contributed by atoms with Gasteiger partial charge in [-0.2, -0.15) is 0 Å². The minimum absolute atomic E-state index is 1.04. The Balaban J connectivity index is 2.38. The second-order valence-electron chi connectivity index (χ2n) is 4.75. The summed E-state index contributed by atoms with van der Waals surface area (Å²) in [5, 5.41) is 0. The molecular formula is C13H26. The van der Waals surface area contributed by atoms with Crippen molar-refractivity contribution in [3.8, 4) is 0 Å². The van der Waals surface area contributed by atoms with Crippen LogP contribution in [0.3, 0.4) is 0 Å². The van der Waals surface area contributed by atoms with Gasteiger partial charge in [0.1, 0.15) is 0 Å². The summed E-state index contributed by atoms with van der Waals surface area (Å²) in [4.78, 5) is 0. The summed E-state index contributed by atoms with van der Waals surface area (Å²) in [6.07, 6.45) is 10.2. The largest absolute Gasteiger partial charge is 0.0654 e. The Bertz CT molecular complexity index is 124. The van der Waals surface area contributed by atoms with E-state index in [9.17, 15) is 0 Å². The van der Waals surface area contributed by atoms with Gasteiger partial charge in [0.05, 0.1) is 0 Å². The van der Waals surface area contributed by atoms with Crippen LogP contribution in [0.1, 0.15) is 65.7 Å². The maximum absolute atomic E-state index is 2.38. The van der Waals surface area contributed by atoms with Crippen molar-refractivity contribution in [3.05, 3.63) is 0 Å². The van der Waals surface area contributed by atoms with Crippen LogP contribution in [0.4, 0.5) is 0 Å². The van der Waals surface area contributed by atoms with Crippen molar-refractivity contribution in [2.75, 3.05) is 0 Å².